The largest absolute Gasteiger partial charge is 0.441 e. The third-order valence-electron chi connectivity index (χ3n) is 2.95. The molecule has 2 aromatic rings. The quantitative estimate of drug-likeness (QED) is 0.833. The SMILES string of the molecule is CC(C)[C@@H](N)C(=O)OCn1ccc(/C=C/c2cccs2)n1. The highest BCUT2D eigenvalue weighted by atomic mass is 32.1. The van der Waals surface area contributed by atoms with Gasteiger partial charge in [0.15, 0.2) is 6.73 Å². The highest BCUT2D eigenvalue weighted by molar-refractivity contribution is 7.10. The van der Waals surface area contributed by atoms with E-state index in [4.69, 9.17) is 10.5 Å². The van der Waals surface area contributed by atoms with E-state index >= 15 is 0 Å². The summed E-state index contributed by atoms with van der Waals surface area (Å²) in [5.41, 5.74) is 6.53. The van der Waals surface area contributed by atoms with Gasteiger partial charge in [-0.15, -0.1) is 11.3 Å². The van der Waals surface area contributed by atoms with E-state index in [1.165, 1.54) is 4.88 Å². The van der Waals surface area contributed by atoms with Crippen molar-refractivity contribution in [2.24, 2.45) is 11.7 Å². The Morgan fingerprint density at radius 2 is 2.29 bits per heavy atom. The molecule has 0 radical (unpaired) electrons. The zero-order chi connectivity index (χ0) is 15.2. The molecule has 0 aliphatic rings. The van der Waals surface area contributed by atoms with E-state index in [9.17, 15) is 4.79 Å². The second kappa shape index (κ2) is 7.19. The minimum Gasteiger partial charge on any atom is -0.441 e. The van der Waals surface area contributed by atoms with Crippen LogP contribution in [-0.2, 0) is 16.3 Å². The van der Waals surface area contributed by atoms with Gasteiger partial charge < -0.3 is 10.5 Å². The molecule has 0 spiro atoms. The summed E-state index contributed by atoms with van der Waals surface area (Å²) in [6.45, 7) is 3.84. The topological polar surface area (TPSA) is 70.1 Å². The molecule has 1 atom stereocenters. The third-order valence-corrected chi connectivity index (χ3v) is 3.79. The molecule has 0 bridgehead atoms. The number of esters is 1. The van der Waals surface area contributed by atoms with Crippen molar-refractivity contribution >= 4 is 29.5 Å². The first kappa shape index (κ1) is 15.5. The van der Waals surface area contributed by atoms with E-state index in [-0.39, 0.29) is 12.6 Å². The first-order valence-electron chi connectivity index (χ1n) is 6.73. The minimum absolute atomic E-state index is 0.0550. The van der Waals surface area contributed by atoms with Crippen molar-refractivity contribution in [1.82, 2.24) is 9.78 Å². The summed E-state index contributed by atoms with van der Waals surface area (Å²) in [6.07, 6.45) is 5.68. The fraction of sp³-hybridized carbons (Fsp3) is 0.333. The first-order valence-corrected chi connectivity index (χ1v) is 7.61. The van der Waals surface area contributed by atoms with Crippen LogP contribution < -0.4 is 5.73 Å². The van der Waals surface area contributed by atoms with Crippen molar-refractivity contribution in [3.8, 4) is 0 Å². The Hall–Kier alpha value is -1.92. The number of carbonyl (C=O) groups is 1. The van der Waals surface area contributed by atoms with Crippen molar-refractivity contribution in [2.75, 3.05) is 0 Å². The van der Waals surface area contributed by atoms with Crippen LogP contribution in [-0.4, -0.2) is 21.8 Å². The molecule has 2 rings (SSSR count). The highest BCUT2D eigenvalue weighted by Gasteiger charge is 2.18. The molecule has 2 N–H and O–H groups in total. The summed E-state index contributed by atoms with van der Waals surface area (Å²) in [6, 6.07) is 5.30. The number of rotatable bonds is 6. The van der Waals surface area contributed by atoms with E-state index < -0.39 is 12.0 Å². The van der Waals surface area contributed by atoms with Gasteiger partial charge in [0.2, 0.25) is 0 Å². The van der Waals surface area contributed by atoms with Crippen LogP contribution in [0.15, 0.2) is 29.8 Å². The van der Waals surface area contributed by atoms with Crippen LogP contribution >= 0.6 is 11.3 Å². The van der Waals surface area contributed by atoms with Gasteiger partial charge in [-0.25, -0.2) is 4.68 Å². The number of hydrogen-bond donors (Lipinski definition) is 1. The van der Waals surface area contributed by atoms with Gasteiger partial charge in [0.05, 0.1) is 5.69 Å². The van der Waals surface area contributed by atoms with Crippen LogP contribution in [0.4, 0.5) is 0 Å². The van der Waals surface area contributed by atoms with E-state index in [0.717, 1.165) is 5.69 Å². The molecule has 0 saturated carbocycles. The molecule has 0 saturated heterocycles. The zero-order valence-corrected chi connectivity index (χ0v) is 12.9. The molecule has 0 aliphatic carbocycles. The van der Waals surface area contributed by atoms with E-state index in [0.29, 0.717) is 0 Å². The average Bonchev–Trinajstić information content (AvgIpc) is 3.12. The van der Waals surface area contributed by atoms with Gasteiger partial charge in [0.25, 0.3) is 0 Å². The maximum Gasteiger partial charge on any atom is 0.324 e. The van der Waals surface area contributed by atoms with Gasteiger partial charge in [0.1, 0.15) is 6.04 Å². The molecule has 0 aromatic carbocycles. The van der Waals surface area contributed by atoms with Crippen LogP contribution in [0.2, 0.25) is 0 Å². The molecule has 21 heavy (non-hydrogen) atoms. The Morgan fingerprint density at radius 3 is 2.95 bits per heavy atom. The first-order chi connectivity index (χ1) is 10.1. The monoisotopic (exact) mass is 305 g/mol. The fourth-order valence-corrected chi connectivity index (χ4v) is 2.21. The number of nitrogens with two attached hydrogens (primary N) is 1. The summed E-state index contributed by atoms with van der Waals surface area (Å²) in [5.74, 6) is -0.351. The predicted molar refractivity (Wildman–Crippen MR) is 84.4 cm³/mol. The molecular weight excluding hydrogens is 286 g/mol. The molecule has 0 aliphatic heterocycles. The predicted octanol–water partition coefficient (Wildman–Crippen LogP) is 2.60. The molecule has 0 fully saturated rings. The summed E-state index contributed by atoms with van der Waals surface area (Å²) < 4.78 is 6.70. The van der Waals surface area contributed by atoms with Gasteiger partial charge in [-0.2, -0.15) is 5.10 Å². The lowest BCUT2D eigenvalue weighted by Gasteiger charge is -2.14. The molecule has 2 aromatic heterocycles. The highest BCUT2D eigenvalue weighted by Crippen LogP contribution is 2.12. The Labute approximate surface area is 128 Å². The van der Waals surface area contributed by atoms with Gasteiger partial charge in [0, 0.05) is 11.1 Å². The summed E-state index contributed by atoms with van der Waals surface area (Å²) in [7, 11) is 0. The number of thiophene rings is 1. The second-order valence-corrected chi connectivity index (χ2v) is 5.97. The zero-order valence-electron chi connectivity index (χ0n) is 12.1. The maximum absolute atomic E-state index is 11.6. The van der Waals surface area contributed by atoms with Crippen LogP contribution in [0, 0.1) is 5.92 Å². The summed E-state index contributed by atoms with van der Waals surface area (Å²) >= 11 is 1.66. The number of aromatic nitrogens is 2. The van der Waals surface area contributed by atoms with E-state index in [1.807, 2.05) is 49.6 Å². The summed E-state index contributed by atoms with van der Waals surface area (Å²) in [5, 5.41) is 6.33. The molecule has 0 unspecified atom stereocenters. The normalized spacial score (nSPS) is 13.0. The maximum atomic E-state index is 11.6. The number of nitrogens with zero attached hydrogens (tertiary/aromatic N) is 2. The molecule has 6 heteroatoms. The lowest BCUT2D eigenvalue weighted by atomic mass is 10.1. The van der Waals surface area contributed by atoms with Gasteiger partial charge in [-0.3, -0.25) is 4.79 Å². The second-order valence-electron chi connectivity index (χ2n) is 4.99. The van der Waals surface area contributed by atoms with Crippen molar-refractivity contribution in [3.63, 3.8) is 0 Å². The van der Waals surface area contributed by atoms with Crippen LogP contribution in [0.25, 0.3) is 12.2 Å². The van der Waals surface area contributed by atoms with Crippen LogP contribution in [0.1, 0.15) is 24.4 Å². The average molecular weight is 305 g/mol. The lowest BCUT2D eigenvalue weighted by Crippen LogP contribution is -2.37. The van der Waals surface area contributed by atoms with E-state index in [2.05, 4.69) is 5.10 Å². The van der Waals surface area contributed by atoms with Crippen LogP contribution in [0.3, 0.4) is 0 Å². The van der Waals surface area contributed by atoms with Gasteiger partial charge >= 0.3 is 5.97 Å². The Balaban J connectivity index is 1.87. The smallest absolute Gasteiger partial charge is 0.324 e. The molecule has 2 heterocycles. The Kier molecular flexibility index (Phi) is 5.30. The van der Waals surface area contributed by atoms with Gasteiger partial charge in [-0.1, -0.05) is 19.9 Å². The number of carbonyl (C=O) groups excluding carboxylic acids is 1. The molecule has 5 nitrogen and oxygen atoms in total. The van der Waals surface area contributed by atoms with E-state index in [1.54, 1.807) is 22.2 Å². The fourth-order valence-electron chi connectivity index (χ4n) is 1.59. The minimum atomic E-state index is -0.598. The molecular formula is C15H19N3O2S. The van der Waals surface area contributed by atoms with Crippen molar-refractivity contribution in [3.05, 3.63) is 40.3 Å². The van der Waals surface area contributed by atoms with Crippen molar-refractivity contribution in [2.45, 2.75) is 26.6 Å². The van der Waals surface area contributed by atoms with Crippen molar-refractivity contribution in [1.29, 1.82) is 0 Å². The van der Waals surface area contributed by atoms with Gasteiger partial charge in [-0.05, 0) is 35.6 Å². The Morgan fingerprint density at radius 1 is 1.48 bits per heavy atom. The van der Waals surface area contributed by atoms with Crippen LogP contribution in [0.5, 0.6) is 0 Å². The number of hydrogen-bond acceptors (Lipinski definition) is 5. The molecule has 112 valence electrons. The number of ether oxygens (including phenoxy) is 1. The van der Waals surface area contributed by atoms with Crippen molar-refractivity contribution < 1.29 is 9.53 Å². The Bertz CT molecular complexity index is 602. The standard InChI is InChI=1S/C15H19N3O2S/c1-11(2)14(16)15(19)20-10-18-8-7-12(17-18)5-6-13-4-3-9-21-13/h3-9,11,14H,10,16H2,1-2H3/b6-5+/t14-/m1/s1. The summed E-state index contributed by atoms with van der Waals surface area (Å²) in [4.78, 5) is 12.8. The lowest BCUT2D eigenvalue weighted by molar-refractivity contribution is -0.150. The molecule has 0 amide bonds. The third kappa shape index (κ3) is 4.54.